The van der Waals surface area contributed by atoms with Crippen molar-refractivity contribution in [1.82, 2.24) is 0 Å². The van der Waals surface area contributed by atoms with E-state index in [1.807, 2.05) is 0 Å². The number of rotatable bonds is 6. The summed E-state index contributed by atoms with van der Waals surface area (Å²) in [6.45, 7) is 0. The van der Waals surface area contributed by atoms with E-state index in [0.29, 0.717) is 11.1 Å². The number of benzene rings is 2. The number of hydrogen-bond donors (Lipinski definition) is 3. The molecule has 2 rings (SSSR count). The van der Waals surface area contributed by atoms with E-state index in [0.717, 1.165) is 6.07 Å². The van der Waals surface area contributed by atoms with E-state index < -0.39 is 29.6 Å². The van der Waals surface area contributed by atoms with Crippen LogP contribution in [0.25, 0.3) is 0 Å². The second kappa shape index (κ2) is 6.91. The van der Waals surface area contributed by atoms with Crippen molar-refractivity contribution in [3.05, 3.63) is 65.5 Å². The quantitative estimate of drug-likeness (QED) is 0.561. The van der Waals surface area contributed by atoms with Gasteiger partial charge in [0, 0.05) is 11.6 Å². The lowest BCUT2D eigenvalue weighted by Gasteiger charge is -2.22. The summed E-state index contributed by atoms with van der Waals surface area (Å²) < 4.78 is 13.2. The standard InChI is InChI=1S/C17H16FNO4/c18-12-7-6-11(14(19)9-12)8-13(10-4-2-1-3-5-10)15(16(20)21)17(22)23/h1-7,9,13,15H,8,19H2,(H,20,21)(H,22,23). The maximum atomic E-state index is 13.2. The Morgan fingerprint density at radius 2 is 1.65 bits per heavy atom. The molecule has 0 aliphatic heterocycles. The topological polar surface area (TPSA) is 101 Å². The average molecular weight is 317 g/mol. The highest BCUT2D eigenvalue weighted by molar-refractivity contribution is 5.94. The number of carboxylic acids is 2. The van der Waals surface area contributed by atoms with Gasteiger partial charge in [-0.3, -0.25) is 9.59 Å². The first-order valence-electron chi connectivity index (χ1n) is 6.94. The molecule has 4 N–H and O–H groups in total. The number of anilines is 1. The largest absolute Gasteiger partial charge is 0.481 e. The molecule has 0 bridgehead atoms. The van der Waals surface area contributed by atoms with E-state index in [2.05, 4.69) is 0 Å². The fourth-order valence-electron chi connectivity index (χ4n) is 2.57. The van der Waals surface area contributed by atoms with Gasteiger partial charge in [-0.05, 0) is 29.7 Å². The molecule has 2 aromatic carbocycles. The third kappa shape index (κ3) is 3.85. The molecule has 1 unspecified atom stereocenters. The Kier molecular flexibility index (Phi) is 4.95. The number of hydrogen-bond acceptors (Lipinski definition) is 3. The van der Waals surface area contributed by atoms with Crippen LogP contribution in [0.4, 0.5) is 10.1 Å². The minimum absolute atomic E-state index is 0.0827. The molecule has 0 aromatic heterocycles. The molecular formula is C17H16FNO4. The lowest BCUT2D eigenvalue weighted by Crippen LogP contribution is -2.31. The molecule has 6 heteroatoms. The van der Waals surface area contributed by atoms with Crippen LogP contribution in [0.2, 0.25) is 0 Å². The van der Waals surface area contributed by atoms with Gasteiger partial charge in [-0.2, -0.15) is 0 Å². The summed E-state index contributed by atoms with van der Waals surface area (Å²) in [5.74, 6) is -5.80. The molecule has 23 heavy (non-hydrogen) atoms. The van der Waals surface area contributed by atoms with Gasteiger partial charge in [-0.15, -0.1) is 0 Å². The summed E-state index contributed by atoms with van der Waals surface area (Å²) in [7, 11) is 0. The smallest absolute Gasteiger partial charge is 0.318 e. The lowest BCUT2D eigenvalue weighted by molar-refractivity contribution is -0.155. The van der Waals surface area contributed by atoms with Crippen molar-refractivity contribution < 1.29 is 24.2 Å². The van der Waals surface area contributed by atoms with E-state index in [9.17, 15) is 24.2 Å². The first-order chi connectivity index (χ1) is 10.9. The van der Waals surface area contributed by atoms with Crippen LogP contribution in [0.15, 0.2) is 48.5 Å². The number of nitrogens with two attached hydrogens (primary N) is 1. The summed E-state index contributed by atoms with van der Waals surface area (Å²) in [6, 6.07) is 12.3. The van der Waals surface area contributed by atoms with Crippen molar-refractivity contribution in [1.29, 1.82) is 0 Å². The van der Waals surface area contributed by atoms with Crippen LogP contribution in [0, 0.1) is 11.7 Å². The molecule has 0 saturated heterocycles. The molecule has 5 nitrogen and oxygen atoms in total. The molecule has 0 amide bonds. The van der Waals surface area contributed by atoms with Gasteiger partial charge in [0.05, 0.1) is 0 Å². The number of carbonyl (C=O) groups is 2. The van der Waals surface area contributed by atoms with Crippen molar-refractivity contribution in [2.75, 3.05) is 5.73 Å². The normalized spacial score (nSPS) is 12.1. The maximum absolute atomic E-state index is 13.2. The van der Waals surface area contributed by atoms with Gasteiger partial charge in [-0.1, -0.05) is 36.4 Å². The van der Waals surface area contributed by atoms with Crippen molar-refractivity contribution in [2.24, 2.45) is 5.92 Å². The fraction of sp³-hybridized carbons (Fsp3) is 0.176. The Labute approximate surface area is 132 Å². The number of halogens is 1. The van der Waals surface area contributed by atoms with Gasteiger partial charge in [0.2, 0.25) is 0 Å². The molecule has 0 saturated carbocycles. The van der Waals surface area contributed by atoms with Crippen LogP contribution in [-0.4, -0.2) is 22.2 Å². The molecule has 0 radical (unpaired) electrons. The van der Waals surface area contributed by atoms with Crippen LogP contribution in [0.5, 0.6) is 0 Å². The van der Waals surface area contributed by atoms with Crippen molar-refractivity contribution >= 4 is 17.6 Å². The lowest BCUT2D eigenvalue weighted by atomic mass is 9.81. The minimum Gasteiger partial charge on any atom is -0.481 e. The zero-order valence-corrected chi connectivity index (χ0v) is 12.1. The van der Waals surface area contributed by atoms with Gasteiger partial charge < -0.3 is 15.9 Å². The number of nitrogen functional groups attached to an aromatic ring is 1. The van der Waals surface area contributed by atoms with E-state index in [4.69, 9.17) is 5.73 Å². The summed E-state index contributed by atoms with van der Waals surface area (Å²) >= 11 is 0. The Hall–Kier alpha value is -2.89. The Bertz CT molecular complexity index is 704. The fourth-order valence-corrected chi connectivity index (χ4v) is 2.57. The second-order valence-corrected chi connectivity index (χ2v) is 5.22. The van der Waals surface area contributed by atoms with Crippen LogP contribution >= 0.6 is 0 Å². The summed E-state index contributed by atoms with van der Waals surface area (Å²) in [4.78, 5) is 22.8. The maximum Gasteiger partial charge on any atom is 0.318 e. The van der Waals surface area contributed by atoms with Gasteiger partial charge in [0.25, 0.3) is 0 Å². The van der Waals surface area contributed by atoms with Crippen LogP contribution in [0.3, 0.4) is 0 Å². The highest BCUT2D eigenvalue weighted by Crippen LogP contribution is 2.31. The van der Waals surface area contributed by atoms with Gasteiger partial charge in [0.15, 0.2) is 5.92 Å². The van der Waals surface area contributed by atoms with E-state index in [1.165, 1.54) is 12.1 Å². The monoisotopic (exact) mass is 317 g/mol. The third-order valence-electron chi connectivity index (χ3n) is 3.71. The Balaban J connectivity index is 2.45. The average Bonchev–Trinajstić information content (AvgIpc) is 2.49. The SMILES string of the molecule is Nc1cc(F)ccc1CC(c1ccccc1)C(C(=O)O)C(=O)O. The summed E-state index contributed by atoms with van der Waals surface area (Å²) in [5, 5.41) is 18.6. The zero-order chi connectivity index (χ0) is 17.0. The molecule has 0 heterocycles. The van der Waals surface area contributed by atoms with Crippen molar-refractivity contribution in [3.8, 4) is 0 Å². The van der Waals surface area contributed by atoms with Crippen LogP contribution in [0.1, 0.15) is 17.0 Å². The summed E-state index contributed by atoms with van der Waals surface area (Å²) in [6.07, 6.45) is 0.0827. The van der Waals surface area contributed by atoms with Crippen LogP contribution < -0.4 is 5.73 Å². The number of aliphatic carboxylic acids is 2. The molecule has 0 aliphatic rings. The van der Waals surface area contributed by atoms with Gasteiger partial charge >= 0.3 is 11.9 Å². The van der Waals surface area contributed by atoms with Gasteiger partial charge in [0.1, 0.15) is 5.82 Å². The van der Waals surface area contributed by atoms with E-state index in [-0.39, 0.29) is 12.1 Å². The first kappa shape index (κ1) is 16.5. The molecule has 2 aromatic rings. The number of carboxylic acid groups (broad SMARTS) is 2. The highest BCUT2D eigenvalue weighted by Gasteiger charge is 2.36. The predicted molar refractivity (Wildman–Crippen MR) is 82.5 cm³/mol. The zero-order valence-electron chi connectivity index (χ0n) is 12.1. The molecule has 0 aliphatic carbocycles. The second-order valence-electron chi connectivity index (χ2n) is 5.22. The molecule has 120 valence electrons. The van der Waals surface area contributed by atoms with Gasteiger partial charge in [-0.25, -0.2) is 4.39 Å². The molecule has 0 spiro atoms. The first-order valence-corrected chi connectivity index (χ1v) is 6.94. The van der Waals surface area contributed by atoms with E-state index >= 15 is 0 Å². The third-order valence-corrected chi connectivity index (χ3v) is 3.71. The van der Waals surface area contributed by atoms with Crippen molar-refractivity contribution in [2.45, 2.75) is 12.3 Å². The van der Waals surface area contributed by atoms with Crippen molar-refractivity contribution in [3.63, 3.8) is 0 Å². The Morgan fingerprint density at radius 1 is 1.04 bits per heavy atom. The summed E-state index contributed by atoms with van der Waals surface area (Å²) in [5.41, 5.74) is 7.01. The predicted octanol–water partition coefficient (Wildman–Crippen LogP) is 2.52. The molecule has 1 atom stereocenters. The van der Waals surface area contributed by atoms with E-state index in [1.54, 1.807) is 30.3 Å². The minimum atomic E-state index is -1.62. The van der Waals surface area contributed by atoms with Crippen LogP contribution in [-0.2, 0) is 16.0 Å². The highest BCUT2D eigenvalue weighted by atomic mass is 19.1. The Morgan fingerprint density at radius 3 is 2.17 bits per heavy atom. The molecular weight excluding hydrogens is 301 g/mol. The molecule has 0 fully saturated rings.